The van der Waals surface area contributed by atoms with Gasteiger partial charge < -0.3 is 9.13 Å². The van der Waals surface area contributed by atoms with Crippen LogP contribution in [0.3, 0.4) is 0 Å². The van der Waals surface area contributed by atoms with Gasteiger partial charge in [0.1, 0.15) is 0 Å². The molecule has 0 fully saturated rings. The number of halogens is 6. The molecule has 0 aliphatic rings. The lowest BCUT2D eigenvalue weighted by Gasteiger charge is -2.20. The summed E-state index contributed by atoms with van der Waals surface area (Å²) in [5, 5.41) is 13.8. The zero-order chi connectivity index (χ0) is 43.9. The van der Waals surface area contributed by atoms with Gasteiger partial charge in [0.2, 0.25) is 0 Å². The Labute approximate surface area is 358 Å². The molecule has 9 heteroatoms. The minimum absolute atomic E-state index is 0.136. The molecule has 0 atom stereocenters. The smallest absolute Gasteiger partial charge is 0.309 e. The Bertz CT molecular complexity index is 3540. The maximum Gasteiger partial charge on any atom is 0.417 e. The Morgan fingerprint density at radius 3 is 1.57 bits per heavy atom. The topological polar surface area (TPSA) is 33.6 Å². The van der Waals surface area contributed by atoms with Crippen molar-refractivity contribution in [3.8, 4) is 50.8 Å². The molecular weight excluding hydrogens is 805 g/mol. The van der Waals surface area contributed by atoms with E-state index in [-0.39, 0.29) is 17.2 Å². The van der Waals surface area contributed by atoms with Crippen LogP contribution in [0.25, 0.3) is 88.4 Å². The number of aromatic nitrogens is 2. The minimum Gasteiger partial charge on any atom is -0.309 e. The third-order valence-electron chi connectivity index (χ3n) is 12.1. The first-order chi connectivity index (χ1) is 30.2. The number of nitriles is 1. The Morgan fingerprint density at radius 2 is 0.968 bits per heavy atom. The van der Waals surface area contributed by atoms with Crippen LogP contribution in [0.1, 0.15) is 33.4 Å². The molecule has 0 aliphatic heterocycles. The molecule has 0 saturated carbocycles. The number of para-hydroxylation sites is 2. The summed E-state index contributed by atoms with van der Waals surface area (Å²) in [4.78, 5) is 0. The van der Waals surface area contributed by atoms with Crippen LogP contribution in [0.15, 0.2) is 158 Å². The molecule has 308 valence electrons. The van der Waals surface area contributed by atoms with Gasteiger partial charge in [-0.15, -0.1) is 0 Å². The number of hydrogen-bond acceptors (Lipinski definition) is 1. The maximum absolute atomic E-state index is 14.4. The fourth-order valence-corrected chi connectivity index (χ4v) is 9.22. The molecule has 63 heavy (non-hydrogen) atoms. The quantitative estimate of drug-likeness (QED) is 0.159. The predicted molar refractivity (Wildman–Crippen MR) is 240 cm³/mol. The third-order valence-corrected chi connectivity index (χ3v) is 12.1. The van der Waals surface area contributed by atoms with E-state index in [1.807, 2.05) is 67.6 Å². The van der Waals surface area contributed by atoms with Crippen molar-refractivity contribution in [1.82, 2.24) is 9.13 Å². The summed E-state index contributed by atoms with van der Waals surface area (Å²) in [5.41, 5.74) is 9.80. The van der Waals surface area contributed by atoms with E-state index in [2.05, 4.69) is 83.6 Å². The van der Waals surface area contributed by atoms with Crippen LogP contribution in [-0.2, 0) is 12.4 Å². The van der Waals surface area contributed by atoms with Gasteiger partial charge in [0.25, 0.3) is 0 Å². The van der Waals surface area contributed by atoms with E-state index < -0.39 is 23.5 Å². The summed E-state index contributed by atoms with van der Waals surface area (Å²) in [6, 6.07) is 49.5. The fourth-order valence-electron chi connectivity index (χ4n) is 9.22. The number of aryl methyl sites for hydroxylation is 3. The number of alkyl halides is 6. The number of rotatable bonds is 5. The summed E-state index contributed by atoms with van der Waals surface area (Å²) in [6.45, 7) is 6.21. The standard InChI is InChI=1S/C54H35F6N3/c1-31-12-18-38(33(3)24-31)35-15-22-51-44(27-35)41-9-5-7-11-48(41)63(51)52-26-34(30-61)14-19-42(52)43-25-32(2)13-21-49(43)62-47-10-6-4-8-40(47)45-28-36(16-23-50(45)62)39-20-17-37(53(55,56)57)29-46(39)54(58,59)60/h4-29H,1-3H3. The second kappa shape index (κ2) is 14.5. The first-order valence-electron chi connectivity index (χ1n) is 20.3. The average Bonchev–Trinajstić information content (AvgIpc) is 3.77. The summed E-state index contributed by atoms with van der Waals surface area (Å²) in [6.07, 6.45) is -9.98. The van der Waals surface area contributed by atoms with Crippen LogP contribution in [0.4, 0.5) is 26.3 Å². The Hall–Kier alpha value is -7.57. The van der Waals surface area contributed by atoms with Crippen molar-refractivity contribution in [3.05, 3.63) is 191 Å². The van der Waals surface area contributed by atoms with Crippen molar-refractivity contribution in [1.29, 1.82) is 5.26 Å². The van der Waals surface area contributed by atoms with Crippen molar-refractivity contribution >= 4 is 43.6 Å². The van der Waals surface area contributed by atoms with E-state index in [0.717, 1.165) is 78.0 Å². The van der Waals surface area contributed by atoms with Gasteiger partial charge >= 0.3 is 12.4 Å². The van der Waals surface area contributed by atoms with Crippen molar-refractivity contribution in [2.75, 3.05) is 0 Å². The number of fused-ring (bicyclic) bond motifs is 6. The molecule has 2 heterocycles. The lowest BCUT2D eigenvalue weighted by atomic mass is 9.95. The van der Waals surface area contributed by atoms with Crippen molar-refractivity contribution < 1.29 is 26.3 Å². The summed E-state index contributed by atoms with van der Waals surface area (Å²) >= 11 is 0. The molecule has 0 spiro atoms. The average molecular weight is 840 g/mol. The van der Waals surface area contributed by atoms with Crippen molar-refractivity contribution in [2.24, 2.45) is 0 Å². The van der Waals surface area contributed by atoms with Crippen LogP contribution >= 0.6 is 0 Å². The predicted octanol–water partition coefficient (Wildman–Crippen LogP) is 15.7. The van der Waals surface area contributed by atoms with Crippen molar-refractivity contribution in [3.63, 3.8) is 0 Å². The van der Waals surface area contributed by atoms with Gasteiger partial charge in [0.15, 0.2) is 0 Å². The maximum atomic E-state index is 14.4. The lowest BCUT2D eigenvalue weighted by Crippen LogP contribution is -2.12. The minimum atomic E-state index is -5.03. The Morgan fingerprint density at radius 1 is 0.429 bits per heavy atom. The van der Waals surface area contributed by atoms with Crippen LogP contribution < -0.4 is 0 Å². The molecule has 10 aromatic rings. The van der Waals surface area contributed by atoms with E-state index in [1.54, 1.807) is 18.2 Å². The van der Waals surface area contributed by atoms with Gasteiger partial charge in [-0.3, -0.25) is 0 Å². The van der Waals surface area contributed by atoms with E-state index in [0.29, 0.717) is 22.5 Å². The fraction of sp³-hybridized carbons (Fsp3) is 0.0926. The van der Waals surface area contributed by atoms with Crippen LogP contribution in [0.2, 0.25) is 0 Å². The van der Waals surface area contributed by atoms with E-state index in [1.165, 1.54) is 17.2 Å². The molecule has 3 nitrogen and oxygen atoms in total. The van der Waals surface area contributed by atoms with Gasteiger partial charge in [-0.05, 0) is 121 Å². The number of benzene rings is 8. The molecule has 0 N–H and O–H groups in total. The molecule has 0 bridgehead atoms. The summed E-state index contributed by atoms with van der Waals surface area (Å²) in [5.74, 6) is 0. The van der Waals surface area contributed by atoms with Crippen LogP contribution in [0, 0.1) is 32.1 Å². The molecular formula is C54H35F6N3. The molecule has 10 rings (SSSR count). The highest BCUT2D eigenvalue weighted by Gasteiger charge is 2.38. The highest BCUT2D eigenvalue weighted by molar-refractivity contribution is 6.13. The number of hydrogen-bond donors (Lipinski definition) is 0. The zero-order valence-corrected chi connectivity index (χ0v) is 34.1. The normalized spacial score (nSPS) is 12.2. The zero-order valence-electron chi connectivity index (χ0n) is 34.1. The third kappa shape index (κ3) is 6.61. The molecule has 2 aromatic heterocycles. The second-order valence-corrected chi connectivity index (χ2v) is 16.1. The van der Waals surface area contributed by atoms with E-state index in [9.17, 15) is 31.6 Å². The molecule has 8 aromatic carbocycles. The molecule has 0 radical (unpaired) electrons. The Kier molecular flexibility index (Phi) is 9.12. The monoisotopic (exact) mass is 839 g/mol. The lowest BCUT2D eigenvalue weighted by molar-refractivity contribution is -0.142. The summed E-state index contributed by atoms with van der Waals surface area (Å²) in [7, 11) is 0. The molecule has 0 aliphatic carbocycles. The molecule has 0 amide bonds. The van der Waals surface area contributed by atoms with Gasteiger partial charge in [-0.25, -0.2) is 0 Å². The van der Waals surface area contributed by atoms with Gasteiger partial charge in [-0.1, -0.05) is 96.1 Å². The Balaban J connectivity index is 1.21. The molecule has 0 saturated heterocycles. The first-order valence-corrected chi connectivity index (χ1v) is 20.3. The van der Waals surface area contributed by atoms with Gasteiger partial charge in [0.05, 0.1) is 56.2 Å². The van der Waals surface area contributed by atoms with Gasteiger partial charge in [0, 0.05) is 32.7 Å². The highest BCUT2D eigenvalue weighted by atomic mass is 19.4. The molecule has 0 unspecified atom stereocenters. The largest absolute Gasteiger partial charge is 0.417 e. The summed E-state index contributed by atoms with van der Waals surface area (Å²) < 4.78 is 88.3. The second-order valence-electron chi connectivity index (χ2n) is 16.1. The van der Waals surface area contributed by atoms with Crippen LogP contribution in [0.5, 0.6) is 0 Å². The first kappa shape index (κ1) is 39.6. The van der Waals surface area contributed by atoms with Crippen molar-refractivity contribution in [2.45, 2.75) is 33.1 Å². The van der Waals surface area contributed by atoms with Gasteiger partial charge in [-0.2, -0.15) is 31.6 Å². The number of nitrogens with zero attached hydrogens (tertiary/aromatic N) is 3. The highest BCUT2D eigenvalue weighted by Crippen LogP contribution is 2.45. The SMILES string of the molecule is Cc1ccc(-c2ccc3c(c2)c2ccccc2n3-c2cc(C#N)ccc2-c2cc(C)ccc2-n2c3ccccc3c3cc(-c4ccc(C(F)(F)F)cc4C(F)(F)F)ccc32)c(C)c1. The van der Waals surface area contributed by atoms with E-state index in [4.69, 9.17) is 0 Å². The van der Waals surface area contributed by atoms with Crippen LogP contribution in [-0.4, -0.2) is 9.13 Å². The van der Waals surface area contributed by atoms with E-state index >= 15 is 0 Å².